The third kappa shape index (κ3) is 4.43. The van der Waals surface area contributed by atoms with Gasteiger partial charge in [0.25, 0.3) is 0 Å². The van der Waals surface area contributed by atoms with E-state index in [0.29, 0.717) is 10.0 Å². The van der Waals surface area contributed by atoms with Gasteiger partial charge in [-0.1, -0.05) is 30.1 Å². The topological polar surface area (TPSA) is 25.2 Å². The highest BCUT2D eigenvalue weighted by molar-refractivity contribution is 6.36. The summed E-state index contributed by atoms with van der Waals surface area (Å²) in [6.45, 7) is 3.85. The van der Waals surface area contributed by atoms with E-state index in [0.717, 1.165) is 36.6 Å². The van der Waals surface area contributed by atoms with Gasteiger partial charge in [0.1, 0.15) is 11.5 Å². The molecule has 2 aromatic rings. The number of halogens is 3. The molecule has 0 saturated carbocycles. The van der Waals surface area contributed by atoms with Gasteiger partial charge in [-0.05, 0) is 43.3 Å². The Morgan fingerprint density at radius 3 is 2.63 bits per heavy atom. The fourth-order valence-electron chi connectivity index (χ4n) is 1.70. The summed E-state index contributed by atoms with van der Waals surface area (Å²) in [6.07, 6.45) is 1.11. The molecule has 2 rings (SSSR count). The molecule has 0 unspecified atom stereocenters. The van der Waals surface area contributed by atoms with Crippen molar-refractivity contribution in [2.24, 2.45) is 0 Å². The molecule has 19 heavy (non-hydrogen) atoms. The van der Waals surface area contributed by atoms with Gasteiger partial charge in [0.15, 0.2) is 0 Å². The van der Waals surface area contributed by atoms with Crippen molar-refractivity contribution in [1.82, 2.24) is 5.32 Å². The minimum atomic E-state index is 0. The highest BCUT2D eigenvalue weighted by Crippen LogP contribution is 2.31. The van der Waals surface area contributed by atoms with Crippen molar-refractivity contribution in [1.29, 1.82) is 0 Å². The van der Waals surface area contributed by atoms with Crippen LogP contribution in [0.25, 0.3) is 11.3 Å². The van der Waals surface area contributed by atoms with Gasteiger partial charge in [-0.3, -0.25) is 0 Å². The Bertz CT molecular complexity index is 525. The van der Waals surface area contributed by atoms with Crippen LogP contribution in [0.4, 0.5) is 0 Å². The standard InChI is InChI=1S/C14H15Cl2NO.ClH/c1-2-7-17-9-11-4-6-14(18-11)12-5-3-10(15)8-13(12)16;/h3-6,8,17H,2,7,9H2,1H3;1H. The average Bonchev–Trinajstić information content (AvgIpc) is 2.78. The lowest BCUT2D eigenvalue weighted by atomic mass is 10.2. The molecule has 2 nitrogen and oxygen atoms in total. The molecule has 0 saturated heterocycles. The van der Waals surface area contributed by atoms with Crippen LogP contribution in [0, 0.1) is 0 Å². The van der Waals surface area contributed by atoms with Crippen molar-refractivity contribution in [3.8, 4) is 11.3 Å². The molecule has 1 aromatic heterocycles. The number of hydrogen-bond donors (Lipinski definition) is 1. The zero-order valence-corrected chi connectivity index (χ0v) is 12.9. The Kier molecular flexibility index (Phi) is 6.73. The number of hydrogen-bond acceptors (Lipinski definition) is 2. The summed E-state index contributed by atoms with van der Waals surface area (Å²) in [4.78, 5) is 0. The minimum Gasteiger partial charge on any atom is -0.460 e. The van der Waals surface area contributed by atoms with E-state index in [1.807, 2.05) is 18.2 Å². The third-order valence-corrected chi connectivity index (χ3v) is 3.13. The van der Waals surface area contributed by atoms with E-state index < -0.39 is 0 Å². The molecule has 0 bridgehead atoms. The molecule has 0 amide bonds. The first kappa shape index (κ1) is 16.4. The van der Waals surface area contributed by atoms with Gasteiger partial charge in [-0.25, -0.2) is 0 Å². The maximum Gasteiger partial charge on any atom is 0.135 e. The molecule has 1 aromatic carbocycles. The number of benzene rings is 1. The molecule has 0 atom stereocenters. The smallest absolute Gasteiger partial charge is 0.135 e. The Hall–Kier alpha value is -0.670. The summed E-state index contributed by atoms with van der Waals surface area (Å²) in [5.74, 6) is 1.68. The summed E-state index contributed by atoms with van der Waals surface area (Å²) in [7, 11) is 0. The van der Waals surface area contributed by atoms with Crippen LogP contribution in [-0.2, 0) is 6.54 Å². The van der Waals surface area contributed by atoms with E-state index >= 15 is 0 Å². The van der Waals surface area contributed by atoms with Crippen molar-refractivity contribution < 1.29 is 4.42 Å². The molecule has 1 N–H and O–H groups in total. The quantitative estimate of drug-likeness (QED) is 0.768. The normalized spacial score (nSPS) is 10.3. The van der Waals surface area contributed by atoms with Crippen molar-refractivity contribution in [2.75, 3.05) is 6.54 Å². The maximum absolute atomic E-state index is 6.14. The van der Waals surface area contributed by atoms with Gasteiger partial charge in [0, 0.05) is 10.6 Å². The van der Waals surface area contributed by atoms with E-state index in [1.165, 1.54) is 0 Å². The van der Waals surface area contributed by atoms with Crippen LogP contribution >= 0.6 is 35.6 Å². The maximum atomic E-state index is 6.14. The summed E-state index contributed by atoms with van der Waals surface area (Å²) < 4.78 is 5.75. The monoisotopic (exact) mass is 319 g/mol. The van der Waals surface area contributed by atoms with Crippen LogP contribution in [-0.4, -0.2) is 6.54 Å². The van der Waals surface area contributed by atoms with E-state index in [1.54, 1.807) is 12.1 Å². The summed E-state index contributed by atoms with van der Waals surface area (Å²) in [5.41, 5.74) is 0.864. The van der Waals surface area contributed by atoms with Crippen molar-refractivity contribution in [3.05, 3.63) is 46.1 Å². The predicted molar refractivity (Wildman–Crippen MR) is 83.4 cm³/mol. The van der Waals surface area contributed by atoms with Crippen LogP contribution < -0.4 is 5.32 Å². The lowest BCUT2D eigenvalue weighted by Gasteiger charge is -2.02. The largest absolute Gasteiger partial charge is 0.460 e. The van der Waals surface area contributed by atoms with E-state index in [9.17, 15) is 0 Å². The Labute approximate surface area is 129 Å². The van der Waals surface area contributed by atoms with Gasteiger partial charge >= 0.3 is 0 Å². The summed E-state index contributed by atoms with van der Waals surface area (Å²) in [5, 5.41) is 4.52. The second kappa shape index (κ2) is 7.81. The van der Waals surface area contributed by atoms with Crippen LogP contribution in [0.15, 0.2) is 34.7 Å². The van der Waals surface area contributed by atoms with E-state index in [2.05, 4.69) is 12.2 Å². The van der Waals surface area contributed by atoms with Crippen LogP contribution in [0.2, 0.25) is 10.0 Å². The lowest BCUT2D eigenvalue weighted by molar-refractivity contribution is 0.493. The highest BCUT2D eigenvalue weighted by atomic mass is 35.5. The Balaban J connectivity index is 0.00000180. The van der Waals surface area contributed by atoms with Crippen molar-refractivity contribution in [2.45, 2.75) is 19.9 Å². The minimum absolute atomic E-state index is 0. The molecule has 0 aliphatic rings. The van der Waals surface area contributed by atoms with Crippen molar-refractivity contribution in [3.63, 3.8) is 0 Å². The van der Waals surface area contributed by atoms with Gasteiger partial charge in [0.05, 0.1) is 11.6 Å². The third-order valence-electron chi connectivity index (χ3n) is 2.58. The second-order valence-electron chi connectivity index (χ2n) is 4.07. The van der Waals surface area contributed by atoms with Gasteiger partial charge in [0.2, 0.25) is 0 Å². The first-order chi connectivity index (χ1) is 8.70. The number of furan rings is 1. The SMILES string of the molecule is CCCNCc1ccc(-c2ccc(Cl)cc2Cl)o1.Cl. The Morgan fingerprint density at radius 2 is 1.95 bits per heavy atom. The molecule has 1 heterocycles. The second-order valence-corrected chi connectivity index (χ2v) is 4.91. The summed E-state index contributed by atoms with van der Waals surface area (Å²) in [6, 6.07) is 9.28. The van der Waals surface area contributed by atoms with Crippen LogP contribution in [0.5, 0.6) is 0 Å². The fourth-order valence-corrected chi connectivity index (χ4v) is 2.20. The molecule has 0 fully saturated rings. The number of nitrogens with one attached hydrogen (secondary N) is 1. The molecule has 104 valence electrons. The van der Waals surface area contributed by atoms with Gasteiger partial charge < -0.3 is 9.73 Å². The first-order valence-electron chi connectivity index (χ1n) is 5.95. The van der Waals surface area contributed by atoms with Gasteiger partial charge in [-0.15, -0.1) is 12.4 Å². The molecular weight excluding hydrogens is 305 g/mol. The lowest BCUT2D eigenvalue weighted by Crippen LogP contribution is -2.12. The molecule has 0 aliphatic carbocycles. The first-order valence-corrected chi connectivity index (χ1v) is 6.71. The van der Waals surface area contributed by atoms with Gasteiger partial charge in [-0.2, -0.15) is 0 Å². The molecular formula is C14H16Cl3NO. The zero-order chi connectivity index (χ0) is 13.0. The Morgan fingerprint density at radius 1 is 1.16 bits per heavy atom. The highest BCUT2D eigenvalue weighted by Gasteiger charge is 2.08. The zero-order valence-electron chi connectivity index (χ0n) is 10.6. The number of rotatable bonds is 5. The fraction of sp³-hybridized carbons (Fsp3) is 0.286. The summed E-state index contributed by atoms with van der Waals surface area (Å²) >= 11 is 12.0. The molecule has 5 heteroatoms. The predicted octanol–water partition coefficient (Wildman–Crippen LogP) is 5.17. The van der Waals surface area contributed by atoms with E-state index in [4.69, 9.17) is 27.6 Å². The van der Waals surface area contributed by atoms with E-state index in [-0.39, 0.29) is 12.4 Å². The van der Waals surface area contributed by atoms with Crippen molar-refractivity contribution >= 4 is 35.6 Å². The average molecular weight is 321 g/mol. The molecule has 0 aliphatic heterocycles. The molecule has 0 spiro atoms. The molecule has 0 radical (unpaired) electrons. The van der Waals surface area contributed by atoms with Crippen LogP contribution in [0.1, 0.15) is 19.1 Å². The van der Waals surface area contributed by atoms with Crippen LogP contribution in [0.3, 0.4) is 0 Å².